The maximum atomic E-state index is 12.7. The van der Waals surface area contributed by atoms with Gasteiger partial charge in [0.05, 0.1) is 17.1 Å². The van der Waals surface area contributed by atoms with Gasteiger partial charge in [-0.25, -0.2) is 4.68 Å². The van der Waals surface area contributed by atoms with Crippen molar-refractivity contribution in [2.45, 2.75) is 58.5 Å². The Kier molecular flexibility index (Phi) is 5.69. The largest absolute Gasteiger partial charge is 0.458 e. The fourth-order valence-corrected chi connectivity index (χ4v) is 6.92. The molecule has 4 fully saturated rings. The zero-order valence-corrected chi connectivity index (χ0v) is 19.0. The Morgan fingerprint density at radius 3 is 2.39 bits per heavy atom. The molecule has 0 unspecified atom stereocenters. The zero-order valence-electron chi connectivity index (χ0n) is 19.0. The minimum atomic E-state index is -0.517. The van der Waals surface area contributed by atoms with E-state index in [4.69, 9.17) is 4.74 Å². The lowest BCUT2D eigenvalue weighted by Gasteiger charge is -2.56. The van der Waals surface area contributed by atoms with Crippen molar-refractivity contribution in [3.8, 4) is 11.8 Å². The molecule has 7 nitrogen and oxygen atoms in total. The second-order valence-electron chi connectivity index (χ2n) is 10.3. The summed E-state index contributed by atoms with van der Waals surface area (Å²) < 4.78 is 7.06. The van der Waals surface area contributed by atoms with Crippen molar-refractivity contribution in [2.75, 3.05) is 6.54 Å². The number of nitriles is 1. The fraction of sp³-hybridized carbons (Fsp3) is 0.538. The van der Waals surface area contributed by atoms with Gasteiger partial charge in [-0.1, -0.05) is 18.2 Å². The third-order valence-corrected chi connectivity index (χ3v) is 7.77. The first-order valence-electron chi connectivity index (χ1n) is 11.9. The van der Waals surface area contributed by atoms with E-state index in [9.17, 15) is 14.9 Å². The Hall–Kier alpha value is -3.14. The van der Waals surface area contributed by atoms with Crippen LogP contribution in [0.3, 0.4) is 0 Å². The van der Waals surface area contributed by atoms with Crippen LogP contribution in [0.2, 0.25) is 0 Å². The highest BCUT2D eigenvalue weighted by Gasteiger charge is 2.51. The maximum absolute atomic E-state index is 12.7. The van der Waals surface area contributed by atoms with E-state index >= 15 is 0 Å². The summed E-state index contributed by atoms with van der Waals surface area (Å²) in [5.74, 6) is 1.80. The molecule has 0 radical (unpaired) electrons. The lowest BCUT2D eigenvalue weighted by Crippen LogP contribution is -2.48. The topological polar surface area (TPSA) is 97.0 Å². The number of aromatic nitrogens is 2. The van der Waals surface area contributed by atoms with Crippen molar-refractivity contribution < 1.29 is 14.3 Å². The molecular formula is C26H30N4O3. The van der Waals surface area contributed by atoms with Gasteiger partial charge >= 0.3 is 5.97 Å². The molecule has 6 rings (SSSR count). The number of benzene rings is 1. The van der Waals surface area contributed by atoms with Crippen LogP contribution in [-0.4, -0.2) is 28.2 Å². The number of esters is 1. The van der Waals surface area contributed by atoms with Gasteiger partial charge in [-0.2, -0.15) is 10.4 Å². The number of para-hydroxylation sites is 1. The number of nitrogens with zero attached hydrogens (tertiary/aromatic N) is 3. The minimum absolute atomic E-state index is 0.0585. The molecule has 1 aromatic carbocycles. The number of hydrogen-bond acceptors (Lipinski definition) is 5. The third kappa shape index (κ3) is 4.39. The highest BCUT2D eigenvalue weighted by atomic mass is 16.5. The first-order chi connectivity index (χ1) is 15.9. The molecule has 0 spiro atoms. The van der Waals surface area contributed by atoms with E-state index in [2.05, 4.69) is 16.5 Å². The second kappa shape index (κ2) is 8.66. The van der Waals surface area contributed by atoms with Gasteiger partial charge in [0, 0.05) is 6.42 Å². The predicted octanol–water partition coefficient (Wildman–Crippen LogP) is 3.82. The Bertz CT molecular complexity index is 1060. The highest BCUT2D eigenvalue weighted by Crippen LogP contribution is 2.61. The summed E-state index contributed by atoms with van der Waals surface area (Å²) in [6.45, 7) is 1.52. The lowest BCUT2D eigenvalue weighted by molar-refractivity contribution is -0.146. The fourth-order valence-electron chi connectivity index (χ4n) is 6.92. The second-order valence-corrected chi connectivity index (χ2v) is 10.3. The summed E-state index contributed by atoms with van der Waals surface area (Å²) in [4.78, 5) is 25.1. The standard InChI is InChI=1S/C26H30N4O3/c1-17-22(14-27)23(30(29-17)21-5-3-2-4-6-21)16-33-25(32)15-28-24(31)13-26-10-18-7-19(11-26)9-20(8-18)12-26/h2-6,18-20H,7-13,15-16H2,1H3,(H,28,31). The Morgan fingerprint density at radius 2 is 1.79 bits per heavy atom. The molecule has 2 aromatic rings. The van der Waals surface area contributed by atoms with Crippen LogP contribution < -0.4 is 5.32 Å². The summed E-state index contributed by atoms with van der Waals surface area (Å²) in [7, 11) is 0. The van der Waals surface area contributed by atoms with E-state index in [-0.39, 0.29) is 24.5 Å². The van der Waals surface area contributed by atoms with Gasteiger partial charge in [-0.3, -0.25) is 9.59 Å². The van der Waals surface area contributed by atoms with Crippen LogP contribution in [0.15, 0.2) is 30.3 Å². The summed E-state index contributed by atoms with van der Waals surface area (Å²) in [5, 5.41) is 16.8. The van der Waals surface area contributed by atoms with E-state index < -0.39 is 5.97 Å². The molecule has 33 heavy (non-hydrogen) atoms. The van der Waals surface area contributed by atoms with Crippen molar-refractivity contribution in [1.82, 2.24) is 15.1 Å². The van der Waals surface area contributed by atoms with Crippen molar-refractivity contribution in [3.63, 3.8) is 0 Å². The summed E-state index contributed by atoms with van der Waals surface area (Å²) in [5.41, 5.74) is 2.43. The van der Waals surface area contributed by atoms with E-state index in [0.717, 1.165) is 42.7 Å². The molecule has 172 valence electrons. The summed E-state index contributed by atoms with van der Waals surface area (Å²) >= 11 is 0. The molecule has 1 amide bonds. The number of carbonyl (C=O) groups excluding carboxylic acids is 2. The quantitative estimate of drug-likeness (QED) is 0.652. The van der Waals surface area contributed by atoms with Crippen molar-refractivity contribution in [1.29, 1.82) is 5.26 Å². The zero-order chi connectivity index (χ0) is 23.0. The molecule has 0 saturated heterocycles. The summed E-state index contributed by atoms with van der Waals surface area (Å²) in [6, 6.07) is 11.6. The Labute approximate surface area is 194 Å². The summed E-state index contributed by atoms with van der Waals surface area (Å²) in [6.07, 6.45) is 8.04. The smallest absolute Gasteiger partial charge is 0.325 e. The molecule has 0 aliphatic heterocycles. The molecule has 4 saturated carbocycles. The third-order valence-electron chi connectivity index (χ3n) is 7.77. The Morgan fingerprint density at radius 1 is 1.15 bits per heavy atom. The monoisotopic (exact) mass is 446 g/mol. The Balaban J connectivity index is 1.17. The van der Waals surface area contributed by atoms with E-state index in [1.165, 1.54) is 19.3 Å². The van der Waals surface area contributed by atoms with E-state index in [0.29, 0.717) is 23.4 Å². The molecule has 0 atom stereocenters. The number of hydrogen-bond donors (Lipinski definition) is 1. The predicted molar refractivity (Wildman–Crippen MR) is 121 cm³/mol. The molecule has 7 heteroatoms. The average molecular weight is 447 g/mol. The maximum Gasteiger partial charge on any atom is 0.325 e. The van der Waals surface area contributed by atoms with Crippen molar-refractivity contribution in [3.05, 3.63) is 47.3 Å². The van der Waals surface area contributed by atoms with Crippen LogP contribution in [0.25, 0.3) is 5.69 Å². The number of amides is 1. The first-order valence-corrected chi connectivity index (χ1v) is 11.9. The number of rotatable bonds is 7. The molecule has 1 heterocycles. The number of carbonyl (C=O) groups is 2. The van der Waals surface area contributed by atoms with Gasteiger partial charge in [0.2, 0.25) is 5.91 Å². The number of aryl methyl sites for hydroxylation is 1. The van der Waals surface area contributed by atoms with Crippen LogP contribution in [0.5, 0.6) is 0 Å². The van der Waals surface area contributed by atoms with Gasteiger partial charge in [-0.15, -0.1) is 0 Å². The lowest BCUT2D eigenvalue weighted by atomic mass is 9.49. The molecule has 4 bridgehead atoms. The van der Waals surface area contributed by atoms with Crippen LogP contribution in [-0.2, 0) is 20.9 Å². The van der Waals surface area contributed by atoms with Crippen molar-refractivity contribution >= 4 is 11.9 Å². The van der Waals surface area contributed by atoms with E-state index in [1.807, 2.05) is 30.3 Å². The van der Waals surface area contributed by atoms with Crippen molar-refractivity contribution in [2.24, 2.45) is 23.2 Å². The van der Waals surface area contributed by atoms with Crippen LogP contribution >= 0.6 is 0 Å². The molecule has 1 N–H and O–H groups in total. The molecule has 4 aliphatic rings. The minimum Gasteiger partial charge on any atom is -0.458 e. The average Bonchev–Trinajstić information content (AvgIpc) is 3.10. The molecular weight excluding hydrogens is 416 g/mol. The van der Waals surface area contributed by atoms with Gasteiger partial charge in [0.25, 0.3) is 0 Å². The van der Waals surface area contributed by atoms with E-state index in [1.54, 1.807) is 11.6 Å². The number of ether oxygens (including phenoxy) is 1. The van der Waals surface area contributed by atoms with Crippen LogP contribution in [0.1, 0.15) is 61.9 Å². The van der Waals surface area contributed by atoms with Crippen LogP contribution in [0, 0.1) is 41.4 Å². The number of nitrogens with one attached hydrogen (secondary N) is 1. The highest BCUT2D eigenvalue weighted by molar-refractivity contribution is 5.82. The van der Waals surface area contributed by atoms with Gasteiger partial charge in [-0.05, 0) is 80.8 Å². The molecule has 1 aromatic heterocycles. The van der Waals surface area contributed by atoms with Gasteiger partial charge in [0.1, 0.15) is 24.8 Å². The SMILES string of the molecule is Cc1nn(-c2ccccc2)c(COC(=O)CNC(=O)CC23CC4CC(CC(C4)C2)C3)c1C#N. The van der Waals surface area contributed by atoms with Gasteiger partial charge < -0.3 is 10.1 Å². The normalized spacial score (nSPS) is 27.2. The molecule has 4 aliphatic carbocycles. The first kappa shape index (κ1) is 21.7. The van der Waals surface area contributed by atoms with Crippen LogP contribution in [0.4, 0.5) is 0 Å². The van der Waals surface area contributed by atoms with Gasteiger partial charge in [0.15, 0.2) is 0 Å².